The number of carboxylic acids is 1. The molecule has 0 aliphatic carbocycles. The molecule has 0 saturated carbocycles. The summed E-state index contributed by atoms with van der Waals surface area (Å²) in [5, 5.41) is 14.2. The summed E-state index contributed by atoms with van der Waals surface area (Å²) in [6.45, 7) is 0.551. The van der Waals surface area contributed by atoms with Crippen molar-refractivity contribution in [3.63, 3.8) is 0 Å². The highest BCUT2D eigenvalue weighted by molar-refractivity contribution is 5.83. The first-order valence-corrected chi connectivity index (χ1v) is 6.42. The highest BCUT2D eigenvalue weighted by Gasteiger charge is 2.22. The molecule has 2 unspecified atom stereocenters. The van der Waals surface area contributed by atoms with Crippen LogP contribution in [0.5, 0.6) is 0 Å². The van der Waals surface area contributed by atoms with Crippen LogP contribution in [0, 0.1) is 0 Å². The van der Waals surface area contributed by atoms with E-state index in [1.807, 2.05) is 0 Å². The van der Waals surface area contributed by atoms with Gasteiger partial charge in [0.15, 0.2) is 6.04 Å². The molecule has 0 aliphatic rings. The zero-order valence-corrected chi connectivity index (χ0v) is 12.0. The molecule has 0 radical (unpaired) electrons. The van der Waals surface area contributed by atoms with Crippen molar-refractivity contribution in [1.82, 2.24) is 10.6 Å². The Labute approximate surface area is 123 Å². The van der Waals surface area contributed by atoms with E-state index in [9.17, 15) is 14.7 Å². The lowest BCUT2D eigenvalue weighted by Gasteiger charge is -2.18. The fraction of sp³-hybridized carbons (Fsp3) is 0.429. The molecule has 116 valence electrons. The number of methoxy groups -OCH3 is 2. The molecule has 1 rings (SSSR count). The molecule has 3 N–H and O–H groups in total. The maximum atomic E-state index is 11.8. The first kappa shape index (κ1) is 16.9. The third-order valence-electron chi connectivity index (χ3n) is 2.83. The van der Waals surface area contributed by atoms with Gasteiger partial charge in [0, 0.05) is 20.8 Å². The van der Waals surface area contributed by atoms with Gasteiger partial charge in [0.2, 0.25) is 0 Å². The number of benzene rings is 1. The van der Waals surface area contributed by atoms with Gasteiger partial charge in [0.1, 0.15) is 0 Å². The Hall–Kier alpha value is -2.12. The van der Waals surface area contributed by atoms with Crippen molar-refractivity contribution in [3.8, 4) is 0 Å². The van der Waals surface area contributed by atoms with Crippen molar-refractivity contribution in [1.29, 1.82) is 0 Å². The average molecular weight is 296 g/mol. The van der Waals surface area contributed by atoms with E-state index in [0.717, 1.165) is 0 Å². The Morgan fingerprint density at radius 1 is 1.24 bits per heavy atom. The van der Waals surface area contributed by atoms with E-state index in [-0.39, 0.29) is 12.6 Å². The summed E-state index contributed by atoms with van der Waals surface area (Å²) in [5.41, 5.74) is 0.500. The number of aliphatic carboxylic acids is 1. The monoisotopic (exact) mass is 296 g/mol. The van der Waals surface area contributed by atoms with E-state index >= 15 is 0 Å². The average Bonchev–Trinajstić information content (AvgIpc) is 2.49. The first-order chi connectivity index (χ1) is 10.1. The molecule has 21 heavy (non-hydrogen) atoms. The van der Waals surface area contributed by atoms with Gasteiger partial charge >= 0.3 is 12.0 Å². The predicted molar refractivity (Wildman–Crippen MR) is 76.0 cm³/mol. The lowest BCUT2D eigenvalue weighted by atomic mass is 10.1. The minimum Gasteiger partial charge on any atom is -0.479 e. The molecule has 0 aromatic heterocycles. The summed E-state index contributed by atoms with van der Waals surface area (Å²) < 4.78 is 10.0. The predicted octanol–water partition coefficient (Wildman–Crippen LogP) is 0.773. The number of urea groups is 1. The van der Waals surface area contributed by atoms with E-state index in [2.05, 4.69) is 10.6 Å². The van der Waals surface area contributed by atoms with Crippen LogP contribution in [0.3, 0.4) is 0 Å². The van der Waals surface area contributed by atoms with Crippen LogP contribution in [0.15, 0.2) is 30.3 Å². The van der Waals surface area contributed by atoms with Gasteiger partial charge in [0.05, 0.1) is 12.7 Å². The molecule has 0 saturated heterocycles. The number of carbonyl (C=O) groups is 2. The van der Waals surface area contributed by atoms with Crippen molar-refractivity contribution < 1.29 is 24.2 Å². The van der Waals surface area contributed by atoms with Crippen LogP contribution in [0.2, 0.25) is 0 Å². The Kier molecular flexibility index (Phi) is 7.20. The van der Waals surface area contributed by atoms with Gasteiger partial charge in [-0.3, -0.25) is 0 Å². The van der Waals surface area contributed by atoms with Crippen LogP contribution in [0.4, 0.5) is 4.79 Å². The summed E-state index contributed by atoms with van der Waals surface area (Å²) in [6.07, 6.45) is -0.291. The van der Waals surface area contributed by atoms with Crippen LogP contribution in [-0.4, -0.2) is 50.6 Å². The van der Waals surface area contributed by atoms with Crippen LogP contribution < -0.4 is 10.6 Å². The number of hydrogen-bond acceptors (Lipinski definition) is 4. The molecule has 0 spiro atoms. The Balaban J connectivity index is 2.56. The van der Waals surface area contributed by atoms with Gasteiger partial charge in [-0.05, 0) is 5.56 Å². The molecule has 0 aliphatic heterocycles. The van der Waals surface area contributed by atoms with Crippen LogP contribution in [0.25, 0.3) is 0 Å². The van der Waals surface area contributed by atoms with E-state index in [1.165, 1.54) is 14.2 Å². The summed E-state index contributed by atoms with van der Waals surface area (Å²) in [5.74, 6) is -1.13. The van der Waals surface area contributed by atoms with E-state index in [4.69, 9.17) is 9.47 Å². The van der Waals surface area contributed by atoms with Gasteiger partial charge in [-0.15, -0.1) is 0 Å². The van der Waals surface area contributed by atoms with Gasteiger partial charge < -0.3 is 25.2 Å². The van der Waals surface area contributed by atoms with Crippen molar-refractivity contribution in [2.24, 2.45) is 0 Å². The van der Waals surface area contributed by atoms with Crippen molar-refractivity contribution >= 4 is 12.0 Å². The third kappa shape index (κ3) is 5.80. The second kappa shape index (κ2) is 8.93. The van der Waals surface area contributed by atoms with Gasteiger partial charge in [-0.25, -0.2) is 9.59 Å². The minimum atomic E-state index is -1.13. The van der Waals surface area contributed by atoms with Gasteiger partial charge in [-0.1, -0.05) is 30.3 Å². The molecular formula is C14H20N2O5. The fourth-order valence-corrected chi connectivity index (χ4v) is 1.72. The number of nitrogens with one attached hydrogen (secondary N) is 2. The molecule has 0 heterocycles. The Bertz CT molecular complexity index is 452. The van der Waals surface area contributed by atoms with E-state index < -0.39 is 18.0 Å². The highest BCUT2D eigenvalue weighted by atomic mass is 16.5. The SMILES string of the molecule is COCC(CNC(=O)NC(C(=O)O)c1ccccc1)OC. The molecule has 2 atom stereocenters. The summed E-state index contributed by atoms with van der Waals surface area (Å²) in [6, 6.07) is 6.80. The number of rotatable bonds is 8. The number of ether oxygens (including phenoxy) is 2. The minimum absolute atomic E-state index is 0.220. The Morgan fingerprint density at radius 2 is 1.90 bits per heavy atom. The molecule has 1 aromatic carbocycles. The number of amides is 2. The fourth-order valence-electron chi connectivity index (χ4n) is 1.72. The van der Waals surface area contributed by atoms with E-state index in [1.54, 1.807) is 30.3 Å². The number of carboxylic acid groups (broad SMARTS) is 1. The second-order valence-corrected chi connectivity index (χ2v) is 4.35. The topological polar surface area (TPSA) is 96.9 Å². The van der Waals surface area contributed by atoms with Crippen LogP contribution >= 0.6 is 0 Å². The molecule has 7 nitrogen and oxygen atoms in total. The van der Waals surface area contributed by atoms with Crippen LogP contribution in [0.1, 0.15) is 11.6 Å². The highest BCUT2D eigenvalue weighted by Crippen LogP contribution is 2.12. The third-order valence-corrected chi connectivity index (χ3v) is 2.83. The van der Waals surface area contributed by atoms with Gasteiger partial charge in [-0.2, -0.15) is 0 Å². The summed E-state index contributed by atoms with van der Waals surface area (Å²) >= 11 is 0. The normalized spacial score (nSPS) is 13.2. The lowest BCUT2D eigenvalue weighted by Crippen LogP contribution is -2.44. The maximum absolute atomic E-state index is 11.8. The molecule has 0 fully saturated rings. The molecule has 2 amide bonds. The lowest BCUT2D eigenvalue weighted by molar-refractivity contribution is -0.139. The largest absolute Gasteiger partial charge is 0.479 e. The zero-order chi connectivity index (χ0) is 15.7. The summed E-state index contributed by atoms with van der Waals surface area (Å²) in [4.78, 5) is 23.0. The number of carbonyl (C=O) groups excluding carboxylic acids is 1. The smallest absolute Gasteiger partial charge is 0.330 e. The summed E-state index contributed by atoms with van der Waals surface area (Å²) in [7, 11) is 3.04. The molecular weight excluding hydrogens is 276 g/mol. The quantitative estimate of drug-likeness (QED) is 0.658. The molecule has 1 aromatic rings. The van der Waals surface area contributed by atoms with Crippen LogP contribution in [-0.2, 0) is 14.3 Å². The first-order valence-electron chi connectivity index (χ1n) is 6.42. The maximum Gasteiger partial charge on any atom is 0.330 e. The molecule has 7 heteroatoms. The number of hydrogen-bond donors (Lipinski definition) is 3. The van der Waals surface area contributed by atoms with E-state index in [0.29, 0.717) is 12.2 Å². The van der Waals surface area contributed by atoms with Crippen molar-refractivity contribution in [3.05, 3.63) is 35.9 Å². The standard InChI is InChI=1S/C14H20N2O5/c1-20-9-11(21-2)8-15-14(19)16-12(13(17)18)10-6-4-3-5-7-10/h3-7,11-12H,8-9H2,1-2H3,(H,17,18)(H2,15,16,19). The molecule has 0 bridgehead atoms. The van der Waals surface area contributed by atoms with Crippen molar-refractivity contribution in [2.45, 2.75) is 12.1 Å². The zero-order valence-electron chi connectivity index (χ0n) is 12.0. The second-order valence-electron chi connectivity index (χ2n) is 4.35. The Morgan fingerprint density at radius 3 is 2.43 bits per heavy atom. The van der Waals surface area contributed by atoms with Gasteiger partial charge in [0.25, 0.3) is 0 Å². The van der Waals surface area contributed by atoms with Crippen molar-refractivity contribution in [2.75, 3.05) is 27.4 Å².